The first kappa shape index (κ1) is 17.5. The predicted molar refractivity (Wildman–Crippen MR) is 100 cm³/mol. The van der Waals surface area contributed by atoms with Gasteiger partial charge in [-0.2, -0.15) is 0 Å². The first-order chi connectivity index (χ1) is 12.0. The summed E-state index contributed by atoms with van der Waals surface area (Å²) in [5.41, 5.74) is 2.22. The molecule has 3 aromatic rings. The molecule has 4 nitrogen and oxygen atoms in total. The Balaban J connectivity index is 1.97. The molecule has 2 aromatic carbocycles. The number of rotatable bonds is 5. The molecule has 1 N–H and O–H groups in total. The molecule has 126 valence electrons. The number of hydrogen-bond donors (Lipinski definition) is 1. The van der Waals surface area contributed by atoms with Crippen molar-refractivity contribution in [2.24, 2.45) is 0 Å². The second-order valence-electron chi connectivity index (χ2n) is 5.34. The number of carboxylic acids is 1. The van der Waals surface area contributed by atoms with Gasteiger partial charge in [0.2, 0.25) is 0 Å². The average Bonchev–Trinajstić information content (AvgIpc) is 2.58. The molecule has 0 radical (unpaired) electrons. The zero-order chi connectivity index (χ0) is 17.8. The Kier molecular flexibility index (Phi) is 5.36. The molecule has 0 atom stereocenters. The fourth-order valence-electron chi connectivity index (χ4n) is 2.36. The number of pyridine rings is 1. The SMILES string of the molecule is O=C(O)Cc1cc(-c2cncc(Cl)c2)ccc1Oc1ccc(Br)cc1. The molecular formula is C19H13BrClNO3. The van der Waals surface area contributed by atoms with Crippen molar-refractivity contribution in [3.05, 3.63) is 76.0 Å². The van der Waals surface area contributed by atoms with E-state index in [2.05, 4.69) is 20.9 Å². The number of benzene rings is 2. The molecule has 3 rings (SSSR count). The van der Waals surface area contributed by atoms with E-state index >= 15 is 0 Å². The van der Waals surface area contributed by atoms with Crippen molar-refractivity contribution >= 4 is 33.5 Å². The summed E-state index contributed by atoms with van der Waals surface area (Å²) in [5.74, 6) is 0.206. The van der Waals surface area contributed by atoms with Crippen molar-refractivity contribution < 1.29 is 14.6 Å². The van der Waals surface area contributed by atoms with Gasteiger partial charge in [0.15, 0.2) is 0 Å². The highest BCUT2D eigenvalue weighted by molar-refractivity contribution is 9.10. The lowest BCUT2D eigenvalue weighted by Crippen LogP contribution is -2.02. The minimum Gasteiger partial charge on any atom is -0.481 e. The molecule has 0 saturated heterocycles. The third-order valence-electron chi connectivity index (χ3n) is 3.48. The van der Waals surface area contributed by atoms with E-state index in [4.69, 9.17) is 16.3 Å². The first-order valence-corrected chi connectivity index (χ1v) is 8.57. The normalized spacial score (nSPS) is 10.5. The smallest absolute Gasteiger partial charge is 0.307 e. The Morgan fingerprint density at radius 2 is 1.84 bits per heavy atom. The van der Waals surface area contributed by atoms with Crippen molar-refractivity contribution in [2.75, 3.05) is 0 Å². The number of aliphatic carboxylic acids is 1. The summed E-state index contributed by atoms with van der Waals surface area (Å²) in [4.78, 5) is 15.3. The third-order valence-corrected chi connectivity index (χ3v) is 4.22. The van der Waals surface area contributed by atoms with Crippen LogP contribution < -0.4 is 4.74 Å². The first-order valence-electron chi connectivity index (χ1n) is 7.40. The monoisotopic (exact) mass is 417 g/mol. The second kappa shape index (κ2) is 7.68. The number of ether oxygens (including phenoxy) is 1. The zero-order valence-electron chi connectivity index (χ0n) is 12.9. The van der Waals surface area contributed by atoms with Gasteiger partial charge in [0.05, 0.1) is 11.4 Å². The summed E-state index contributed by atoms with van der Waals surface area (Å²) < 4.78 is 6.79. The van der Waals surface area contributed by atoms with Gasteiger partial charge in [-0.1, -0.05) is 33.6 Å². The minimum atomic E-state index is -0.929. The summed E-state index contributed by atoms with van der Waals surface area (Å²) in [5, 5.41) is 9.73. The van der Waals surface area contributed by atoms with Crippen LogP contribution in [0.3, 0.4) is 0 Å². The molecule has 1 heterocycles. The van der Waals surface area contributed by atoms with Crippen LogP contribution in [0.25, 0.3) is 11.1 Å². The molecule has 0 aliphatic rings. The quantitative estimate of drug-likeness (QED) is 0.587. The average molecular weight is 419 g/mol. The van der Waals surface area contributed by atoms with Crippen LogP contribution >= 0.6 is 27.5 Å². The van der Waals surface area contributed by atoms with Crippen LogP contribution in [-0.2, 0) is 11.2 Å². The van der Waals surface area contributed by atoms with Crippen LogP contribution in [0.5, 0.6) is 11.5 Å². The van der Waals surface area contributed by atoms with Crippen LogP contribution in [0.2, 0.25) is 5.02 Å². The largest absolute Gasteiger partial charge is 0.481 e. The van der Waals surface area contributed by atoms with E-state index in [-0.39, 0.29) is 6.42 Å². The molecule has 0 amide bonds. The maximum Gasteiger partial charge on any atom is 0.307 e. The lowest BCUT2D eigenvalue weighted by molar-refractivity contribution is -0.136. The Hall–Kier alpha value is -2.37. The van der Waals surface area contributed by atoms with Crippen LogP contribution in [-0.4, -0.2) is 16.1 Å². The summed E-state index contributed by atoms with van der Waals surface area (Å²) >= 11 is 9.35. The van der Waals surface area contributed by atoms with Crippen LogP contribution in [0, 0.1) is 0 Å². The predicted octanol–water partition coefficient (Wildman–Crippen LogP) is 5.58. The van der Waals surface area contributed by atoms with E-state index < -0.39 is 5.97 Å². The van der Waals surface area contributed by atoms with E-state index in [1.54, 1.807) is 30.6 Å². The number of hydrogen-bond acceptors (Lipinski definition) is 3. The van der Waals surface area contributed by atoms with Gasteiger partial charge in [0, 0.05) is 28.0 Å². The van der Waals surface area contributed by atoms with Gasteiger partial charge < -0.3 is 9.84 Å². The number of halogens is 2. The van der Waals surface area contributed by atoms with Gasteiger partial charge >= 0.3 is 5.97 Å². The summed E-state index contributed by atoms with van der Waals surface area (Å²) in [6.07, 6.45) is 3.09. The number of aromatic nitrogens is 1. The molecule has 0 bridgehead atoms. The van der Waals surface area contributed by atoms with Crippen LogP contribution in [0.4, 0.5) is 0 Å². The Bertz CT molecular complexity index is 913. The second-order valence-corrected chi connectivity index (χ2v) is 6.69. The molecule has 1 aromatic heterocycles. The van der Waals surface area contributed by atoms with E-state index in [0.29, 0.717) is 22.1 Å². The summed E-state index contributed by atoms with van der Waals surface area (Å²) in [6.45, 7) is 0. The standard InChI is InChI=1S/C19H13BrClNO3/c20-15-2-4-17(5-3-15)25-18-6-1-12(7-13(18)9-19(23)24)14-8-16(21)11-22-10-14/h1-8,10-11H,9H2,(H,23,24). The van der Waals surface area contributed by atoms with Gasteiger partial charge in [-0.05, 0) is 48.0 Å². The number of carbonyl (C=O) groups is 1. The molecule has 0 spiro atoms. The van der Waals surface area contributed by atoms with E-state index in [0.717, 1.165) is 15.6 Å². The topological polar surface area (TPSA) is 59.4 Å². The highest BCUT2D eigenvalue weighted by Gasteiger charge is 2.12. The Morgan fingerprint density at radius 1 is 1.08 bits per heavy atom. The molecule has 6 heteroatoms. The van der Waals surface area contributed by atoms with Crippen LogP contribution in [0.1, 0.15) is 5.56 Å². The maximum atomic E-state index is 11.2. The molecule has 0 fully saturated rings. The van der Waals surface area contributed by atoms with Gasteiger partial charge in [-0.15, -0.1) is 0 Å². The Labute approximate surface area is 158 Å². The van der Waals surface area contributed by atoms with E-state index in [1.165, 1.54) is 0 Å². The summed E-state index contributed by atoms with van der Waals surface area (Å²) in [6, 6.07) is 14.5. The zero-order valence-corrected chi connectivity index (χ0v) is 15.3. The maximum absolute atomic E-state index is 11.2. The molecular weight excluding hydrogens is 406 g/mol. The molecule has 0 saturated carbocycles. The minimum absolute atomic E-state index is 0.145. The molecule has 0 aliphatic carbocycles. The van der Waals surface area contributed by atoms with E-state index in [1.807, 2.05) is 30.3 Å². The molecule has 0 aliphatic heterocycles. The lowest BCUT2D eigenvalue weighted by Gasteiger charge is -2.12. The fraction of sp³-hybridized carbons (Fsp3) is 0.0526. The fourth-order valence-corrected chi connectivity index (χ4v) is 2.80. The molecule has 25 heavy (non-hydrogen) atoms. The third kappa shape index (κ3) is 4.59. The number of carboxylic acid groups (broad SMARTS) is 1. The van der Waals surface area contributed by atoms with Crippen molar-refractivity contribution in [1.82, 2.24) is 4.98 Å². The van der Waals surface area contributed by atoms with Crippen molar-refractivity contribution in [3.8, 4) is 22.6 Å². The van der Waals surface area contributed by atoms with Crippen molar-refractivity contribution in [1.29, 1.82) is 0 Å². The van der Waals surface area contributed by atoms with Gasteiger partial charge in [-0.25, -0.2) is 0 Å². The van der Waals surface area contributed by atoms with Crippen molar-refractivity contribution in [3.63, 3.8) is 0 Å². The highest BCUT2D eigenvalue weighted by Crippen LogP contribution is 2.31. The van der Waals surface area contributed by atoms with Crippen LogP contribution in [0.15, 0.2) is 65.4 Å². The summed E-state index contributed by atoms with van der Waals surface area (Å²) in [7, 11) is 0. The highest BCUT2D eigenvalue weighted by atomic mass is 79.9. The van der Waals surface area contributed by atoms with Crippen molar-refractivity contribution in [2.45, 2.75) is 6.42 Å². The van der Waals surface area contributed by atoms with Gasteiger partial charge in [0.25, 0.3) is 0 Å². The Morgan fingerprint density at radius 3 is 2.52 bits per heavy atom. The van der Waals surface area contributed by atoms with E-state index in [9.17, 15) is 9.90 Å². The van der Waals surface area contributed by atoms with Gasteiger partial charge in [0.1, 0.15) is 11.5 Å². The number of nitrogens with zero attached hydrogens (tertiary/aromatic N) is 1. The lowest BCUT2D eigenvalue weighted by atomic mass is 10.0. The molecule has 0 unspecified atom stereocenters. The van der Waals surface area contributed by atoms with Gasteiger partial charge in [-0.3, -0.25) is 9.78 Å².